The number of aromatic nitrogens is 1. The van der Waals surface area contributed by atoms with Crippen molar-refractivity contribution in [3.63, 3.8) is 0 Å². The third kappa shape index (κ3) is 3.13. The lowest BCUT2D eigenvalue weighted by Crippen LogP contribution is -2.14. The quantitative estimate of drug-likeness (QED) is 0.753. The van der Waals surface area contributed by atoms with Gasteiger partial charge in [0.25, 0.3) is 0 Å². The van der Waals surface area contributed by atoms with Crippen LogP contribution in [-0.2, 0) is 10.0 Å². The van der Waals surface area contributed by atoms with Gasteiger partial charge in [-0.05, 0) is 30.3 Å². The Morgan fingerprint density at radius 1 is 1.17 bits per heavy atom. The topological polar surface area (TPSA) is 82.2 Å². The predicted octanol–water partition coefficient (Wildman–Crippen LogP) is 3.01. The van der Waals surface area contributed by atoms with E-state index >= 15 is 0 Å². The number of sulfonamides is 1. The summed E-state index contributed by atoms with van der Waals surface area (Å²) in [5.74, 6) is -0.980. The molecule has 3 aromatic rings. The molecule has 0 unspecified atom stereocenters. The molecule has 0 saturated carbocycles. The molecule has 0 aliphatic carbocycles. The molecule has 3 rings (SSSR count). The highest BCUT2D eigenvalue weighted by molar-refractivity contribution is 7.89. The monoisotopic (exact) mass is 384 g/mol. The molecule has 1 heterocycles. The van der Waals surface area contributed by atoms with Gasteiger partial charge < -0.3 is 0 Å². The summed E-state index contributed by atoms with van der Waals surface area (Å²) in [6.07, 6.45) is 0. The second-order valence-corrected chi connectivity index (χ2v) is 7.68. The zero-order chi connectivity index (χ0) is 17.5. The second kappa shape index (κ2) is 6.14. The van der Waals surface area contributed by atoms with Crippen molar-refractivity contribution in [3.05, 3.63) is 68.4 Å². The number of nitrogens with zero attached hydrogens (tertiary/aromatic N) is 1. The van der Waals surface area contributed by atoms with E-state index in [0.717, 1.165) is 23.5 Å². The number of hydrogen-bond acceptors (Lipinski definition) is 4. The Bertz CT molecular complexity index is 1090. The molecule has 0 aliphatic rings. The van der Waals surface area contributed by atoms with Crippen LogP contribution in [0.4, 0.5) is 4.39 Å². The molecule has 0 atom stereocenters. The highest BCUT2D eigenvalue weighted by atomic mass is 35.5. The average Bonchev–Trinajstić information content (AvgIpc) is 2.87. The van der Waals surface area contributed by atoms with Gasteiger partial charge in [-0.1, -0.05) is 35.1 Å². The molecular weight excluding hydrogens is 375 g/mol. The van der Waals surface area contributed by atoms with Gasteiger partial charge in [0.15, 0.2) is 0 Å². The lowest BCUT2D eigenvalue weighted by atomic mass is 10.1. The molecule has 0 bridgehead atoms. The molecule has 2 aromatic carbocycles. The standard InChI is InChI=1S/C15H10ClFN2O3S2/c16-10-2-1-3-11(7-10)19-13(8-23-15(19)20)9-4-5-14(12(17)6-9)24(18,21)22/h1-8H,(H2,18,21,22). The number of rotatable bonds is 3. The smallest absolute Gasteiger partial charge is 0.267 e. The van der Waals surface area contributed by atoms with E-state index in [4.69, 9.17) is 16.7 Å². The van der Waals surface area contributed by atoms with Crippen molar-refractivity contribution in [3.8, 4) is 16.9 Å². The zero-order valence-electron chi connectivity index (χ0n) is 11.9. The third-order valence-electron chi connectivity index (χ3n) is 3.30. The van der Waals surface area contributed by atoms with Crippen molar-refractivity contribution in [1.29, 1.82) is 0 Å². The summed E-state index contributed by atoms with van der Waals surface area (Å²) in [6.45, 7) is 0. The summed E-state index contributed by atoms with van der Waals surface area (Å²) in [5.41, 5.74) is 1.30. The van der Waals surface area contributed by atoms with Crippen LogP contribution >= 0.6 is 22.9 Å². The van der Waals surface area contributed by atoms with Gasteiger partial charge in [-0.15, -0.1) is 0 Å². The van der Waals surface area contributed by atoms with Gasteiger partial charge >= 0.3 is 4.87 Å². The maximum atomic E-state index is 14.1. The first-order chi connectivity index (χ1) is 11.3. The highest BCUT2D eigenvalue weighted by Gasteiger charge is 2.17. The van der Waals surface area contributed by atoms with Crippen LogP contribution in [0, 0.1) is 5.82 Å². The largest absolute Gasteiger partial charge is 0.312 e. The third-order valence-corrected chi connectivity index (χ3v) is 5.20. The van der Waals surface area contributed by atoms with Crippen molar-refractivity contribution in [2.45, 2.75) is 4.90 Å². The number of primary sulfonamides is 1. The summed E-state index contributed by atoms with van der Waals surface area (Å²) < 4.78 is 38.1. The molecule has 0 amide bonds. The van der Waals surface area contributed by atoms with Crippen LogP contribution in [0.2, 0.25) is 5.02 Å². The predicted molar refractivity (Wildman–Crippen MR) is 91.7 cm³/mol. The summed E-state index contributed by atoms with van der Waals surface area (Å²) in [6, 6.07) is 10.2. The number of halogens is 2. The summed E-state index contributed by atoms with van der Waals surface area (Å²) in [4.78, 5) is 11.3. The van der Waals surface area contributed by atoms with Crippen LogP contribution in [0.25, 0.3) is 16.9 Å². The van der Waals surface area contributed by atoms with Crippen molar-refractivity contribution >= 4 is 33.0 Å². The molecule has 24 heavy (non-hydrogen) atoms. The fourth-order valence-electron chi connectivity index (χ4n) is 2.26. The van der Waals surface area contributed by atoms with E-state index < -0.39 is 20.7 Å². The number of thiazole rings is 1. The first-order valence-electron chi connectivity index (χ1n) is 6.56. The Balaban J connectivity index is 2.19. The minimum Gasteiger partial charge on any atom is -0.267 e. The van der Waals surface area contributed by atoms with E-state index in [9.17, 15) is 17.6 Å². The van der Waals surface area contributed by atoms with Crippen LogP contribution < -0.4 is 10.0 Å². The van der Waals surface area contributed by atoms with Crippen molar-refractivity contribution in [2.24, 2.45) is 5.14 Å². The molecule has 0 saturated heterocycles. The highest BCUT2D eigenvalue weighted by Crippen LogP contribution is 2.27. The van der Waals surface area contributed by atoms with Crippen molar-refractivity contribution in [1.82, 2.24) is 4.57 Å². The van der Waals surface area contributed by atoms with E-state index in [1.165, 1.54) is 10.6 Å². The van der Waals surface area contributed by atoms with Crippen LogP contribution in [0.5, 0.6) is 0 Å². The van der Waals surface area contributed by atoms with Crippen molar-refractivity contribution in [2.75, 3.05) is 0 Å². The van der Waals surface area contributed by atoms with Crippen LogP contribution in [-0.4, -0.2) is 13.0 Å². The van der Waals surface area contributed by atoms with E-state index in [-0.39, 0.29) is 4.87 Å². The Morgan fingerprint density at radius 2 is 1.92 bits per heavy atom. The molecule has 0 fully saturated rings. The van der Waals surface area contributed by atoms with E-state index in [1.54, 1.807) is 29.6 Å². The van der Waals surface area contributed by atoms with Crippen LogP contribution in [0.15, 0.2) is 57.5 Å². The minimum absolute atomic E-state index is 0.275. The first-order valence-corrected chi connectivity index (χ1v) is 9.37. The first kappa shape index (κ1) is 16.8. The lowest BCUT2D eigenvalue weighted by molar-refractivity contribution is 0.568. The van der Waals surface area contributed by atoms with Gasteiger partial charge in [0.1, 0.15) is 10.7 Å². The normalized spacial score (nSPS) is 11.6. The molecule has 1 aromatic heterocycles. The lowest BCUT2D eigenvalue weighted by Gasteiger charge is -2.09. The number of benzene rings is 2. The SMILES string of the molecule is NS(=O)(=O)c1ccc(-c2csc(=O)n2-c2cccc(Cl)c2)cc1F. The zero-order valence-corrected chi connectivity index (χ0v) is 14.3. The van der Waals surface area contributed by atoms with Gasteiger partial charge in [-0.25, -0.2) is 17.9 Å². The number of nitrogens with two attached hydrogens (primary N) is 1. The summed E-state index contributed by atoms with van der Waals surface area (Å²) in [7, 11) is -4.15. The molecule has 0 spiro atoms. The molecule has 9 heteroatoms. The van der Waals surface area contributed by atoms with Gasteiger partial charge in [0.05, 0.1) is 11.4 Å². The maximum absolute atomic E-state index is 14.1. The summed E-state index contributed by atoms with van der Waals surface area (Å²) >= 11 is 6.90. The van der Waals surface area contributed by atoms with Crippen LogP contribution in [0.3, 0.4) is 0 Å². The fraction of sp³-hybridized carbons (Fsp3) is 0. The van der Waals surface area contributed by atoms with Crippen molar-refractivity contribution < 1.29 is 12.8 Å². The molecule has 0 radical (unpaired) electrons. The second-order valence-electron chi connectivity index (χ2n) is 4.89. The Hall–Kier alpha value is -2.00. The Morgan fingerprint density at radius 3 is 2.54 bits per heavy atom. The molecular formula is C15H10ClFN2O3S2. The van der Waals surface area contributed by atoms with Gasteiger partial charge in [0, 0.05) is 16.0 Å². The Labute approximate surface area is 145 Å². The molecule has 5 nitrogen and oxygen atoms in total. The minimum atomic E-state index is -4.15. The fourth-order valence-corrected chi connectivity index (χ4v) is 3.79. The van der Waals surface area contributed by atoms with Gasteiger partial charge in [-0.3, -0.25) is 9.36 Å². The van der Waals surface area contributed by atoms with Gasteiger partial charge in [0.2, 0.25) is 10.0 Å². The average molecular weight is 385 g/mol. The van der Waals surface area contributed by atoms with Gasteiger partial charge in [-0.2, -0.15) is 0 Å². The molecule has 2 N–H and O–H groups in total. The van der Waals surface area contributed by atoms with Crippen LogP contribution in [0.1, 0.15) is 0 Å². The van der Waals surface area contributed by atoms with E-state index in [0.29, 0.717) is 22.0 Å². The molecule has 124 valence electrons. The summed E-state index contributed by atoms with van der Waals surface area (Å²) in [5, 5.41) is 6.97. The Kier molecular flexibility index (Phi) is 4.31. The van der Waals surface area contributed by atoms with E-state index in [1.807, 2.05) is 0 Å². The number of hydrogen-bond donors (Lipinski definition) is 1. The maximum Gasteiger partial charge on any atom is 0.312 e. The molecule has 0 aliphatic heterocycles. The van der Waals surface area contributed by atoms with E-state index in [2.05, 4.69) is 0 Å².